The van der Waals surface area contributed by atoms with E-state index in [1.165, 1.54) is 36.3 Å². The standard InChI is InChI=1S/C49H44F3N13O8S6/c1-20(2)33-47-65-36(29(79-47)15-73-5)40(70)54-14-32(67)62-37(38(68)22-9-7-6-8-10-22)46-59-28(18-76-46)44-57-26(16-75-44)35-23(11-12-24(55-35)43-60-30(19-77-43)61-48(72)49(50,51)52)42-58-27(17-74-42)39(69)56-25(13-31(66)53-4)45-64-34(21(3)78-45)41(71)63-33/h6-12,16-20,25,33,37-38,68H,13-15H2,1-5H3,(H,53,66)(H,54,70)(H,56,69)(H,61,72)(H,62,67)(H,63,71)/t25-,33-,37-,38-/m0/s1. The third kappa shape index (κ3) is 12.8. The van der Waals surface area contributed by atoms with E-state index >= 15 is 0 Å². The fraction of sp³-hybridized carbons (Fsp3) is 0.286. The Kier molecular flexibility index (Phi) is 17.1. The van der Waals surface area contributed by atoms with E-state index in [-0.39, 0.29) is 73.9 Å². The fourth-order valence-corrected chi connectivity index (χ4v) is 13.3. The van der Waals surface area contributed by atoms with Gasteiger partial charge in [-0.05, 0) is 30.5 Å². The molecule has 1 aliphatic heterocycles. The van der Waals surface area contributed by atoms with Crippen LogP contribution in [-0.2, 0) is 25.7 Å². The Morgan fingerprint density at radius 3 is 2.15 bits per heavy atom. The van der Waals surface area contributed by atoms with Gasteiger partial charge in [-0.25, -0.2) is 34.9 Å². The van der Waals surface area contributed by atoms with Gasteiger partial charge >= 0.3 is 12.1 Å². The molecule has 0 spiro atoms. The number of hydrogen-bond donors (Lipinski definition) is 7. The van der Waals surface area contributed by atoms with E-state index in [0.717, 1.165) is 56.7 Å². The van der Waals surface area contributed by atoms with Crippen molar-refractivity contribution in [2.45, 2.75) is 64.2 Å². The summed E-state index contributed by atoms with van der Waals surface area (Å²) in [5.41, 5.74) is 1.85. The molecule has 0 saturated heterocycles. The number of carbonyl (C=O) groups is 6. The molecule has 21 nitrogen and oxygen atoms in total. The van der Waals surface area contributed by atoms with E-state index in [0.29, 0.717) is 41.6 Å². The molecule has 0 unspecified atom stereocenters. The average molecular weight is 1190 g/mol. The van der Waals surface area contributed by atoms with Gasteiger partial charge in [0.15, 0.2) is 0 Å². The average Bonchev–Trinajstić information content (AvgIpc) is 4.35. The number of thiazole rings is 6. The Morgan fingerprint density at radius 1 is 0.722 bits per heavy atom. The Labute approximate surface area is 470 Å². The first-order valence-corrected chi connectivity index (χ1v) is 28.7. The number of rotatable bonds is 9. The number of amides is 6. The van der Waals surface area contributed by atoms with Crippen molar-refractivity contribution in [3.63, 3.8) is 0 Å². The molecule has 79 heavy (non-hydrogen) atoms. The zero-order valence-corrected chi connectivity index (χ0v) is 46.8. The van der Waals surface area contributed by atoms with Crippen molar-refractivity contribution >= 4 is 109 Å². The van der Waals surface area contributed by atoms with Crippen molar-refractivity contribution < 1.29 is 51.8 Å². The summed E-state index contributed by atoms with van der Waals surface area (Å²) in [4.78, 5) is 114. The number of ether oxygens (including phenoxy) is 1. The van der Waals surface area contributed by atoms with Crippen LogP contribution in [0.5, 0.6) is 0 Å². The second-order valence-corrected chi connectivity index (χ2v) is 23.4. The van der Waals surface area contributed by atoms with Crippen LogP contribution < -0.4 is 31.9 Å². The van der Waals surface area contributed by atoms with Crippen LogP contribution in [0.1, 0.15) is 106 Å². The van der Waals surface area contributed by atoms with E-state index in [9.17, 15) is 47.0 Å². The van der Waals surface area contributed by atoms with Crippen LogP contribution in [-0.4, -0.2) is 102 Å². The summed E-state index contributed by atoms with van der Waals surface area (Å²) >= 11 is 6.57. The molecule has 0 radical (unpaired) electrons. The van der Waals surface area contributed by atoms with E-state index in [2.05, 4.69) is 46.5 Å². The number of halogens is 3. The van der Waals surface area contributed by atoms with Gasteiger partial charge in [-0.3, -0.25) is 28.8 Å². The first-order valence-electron chi connectivity index (χ1n) is 23.6. The number of methoxy groups -OCH3 is 1. The fourth-order valence-electron chi connectivity index (χ4n) is 7.83. The van der Waals surface area contributed by atoms with E-state index in [4.69, 9.17) is 19.7 Å². The van der Waals surface area contributed by atoms with E-state index < -0.39 is 72.4 Å². The number of pyridine rings is 1. The summed E-state index contributed by atoms with van der Waals surface area (Å²) in [6.07, 6.45) is -6.73. The van der Waals surface area contributed by atoms with Gasteiger partial charge in [0.1, 0.15) is 82.2 Å². The van der Waals surface area contributed by atoms with Crippen LogP contribution in [0, 0.1) is 12.8 Å². The van der Waals surface area contributed by atoms with Crippen LogP contribution in [0.25, 0.3) is 43.4 Å². The molecule has 8 aromatic rings. The summed E-state index contributed by atoms with van der Waals surface area (Å²) in [6.45, 7) is 4.83. The van der Waals surface area contributed by atoms with Gasteiger partial charge in [0.25, 0.3) is 17.7 Å². The number of fused-ring (bicyclic) bond motifs is 14. The SMILES string of the molecule is CNC(=O)C[C@@H]1NC(=O)c2csc(n2)-c2ccc(-c3nc(NC(=O)C(F)(F)F)cs3)nc2-c2csc(n2)-c2csc(n2)[C@H]([C@@H](O)c2ccccc2)NC(=O)CNC(=O)c2nc(sc2COC)[C@H](C(C)C)NC(=O)c2nc1sc2C. The molecule has 410 valence electrons. The minimum atomic E-state index is -5.16. The monoisotopic (exact) mass is 1190 g/mol. The van der Waals surface area contributed by atoms with Gasteiger partial charge in [0, 0.05) is 46.1 Å². The van der Waals surface area contributed by atoms with Crippen LogP contribution in [0.15, 0.2) is 64.0 Å². The number of nitrogens with zero attached hydrogens (tertiary/aromatic N) is 7. The number of aliphatic hydroxyl groups excluding tert-OH is 1. The molecule has 0 saturated carbocycles. The van der Waals surface area contributed by atoms with Crippen LogP contribution in [0.2, 0.25) is 0 Å². The number of carbonyl (C=O) groups excluding carboxylic acids is 6. The highest BCUT2D eigenvalue weighted by Crippen LogP contribution is 2.40. The molecular formula is C49H44F3N13O8S6. The lowest BCUT2D eigenvalue weighted by Gasteiger charge is -2.23. The van der Waals surface area contributed by atoms with Crippen molar-refractivity contribution in [2.75, 3.05) is 26.0 Å². The summed E-state index contributed by atoms with van der Waals surface area (Å²) in [5, 5.41) is 35.3. The third-order valence-corrected chi connectivity index (χ3v) is 17.5. The number of aromatic nitrogens is 7. The quantitative estimate of drug-likeness (QED) is 0.0725. The van der Waals surface area contributed by atoms with Gasteiger partial charge in [-0.15, -0.1) is 68.0 Å². The first kappa shape index (κ1) is 56.4. The van der Waals surface area contributed by atoms with Crippen molar-refractivity contribution in [1.29, 1.82) is 0 Å². The lowest BCUT2D eigenvalue weighted by atomic mass is 10.0. The largest absolute Gasteiger partial charge is 0.471 e. The van der Waals surface area contributed by atoms with Gasteiger partial charge in [-0.2, -0.15) is 13.2 Å². The second kappa shape index (κ2) is 24.0. The number of nitrogens with one attached hydrogen (secondary N) is 6. The summed E-state index contributed by atoms with van der Waals surface area (Å²) in [5.74, 6) is -5.90. The molecule has 4 atom stereocenters. The van der Waals surface area contributed by atoms with E-state index in [1.807, 2.05) is 13.8 Å². The number of hydrogen-bond acceptors (Lipinski definition) is 21. The van der Waals surface area contributed by atoms with Crippen molar-refractivity contribution in [3.05, 3.63) is 111 Å². The van der Waals surface area contributed by atoms with Crippen molar-refractivity contribution in [2.24, 2.45) is 5.92 Å². The Balaban J connectivity index is 1.13. The lowest BCUT2D eigenvalue weighted by molar-refractivity contribution is -0.167. The number of aryl methyl sites for hydroxylation is 1. The predicted octanol–water partition coefficient (Wildman–Crippen LogP) is 7.81. The minimum absolute atomic E-state index is 0.0185. The molecule has 1 aliphatic rings. The zero-order chi connectivity index (χ0) is 56.3. The van der Waals surface area contributed by atoms with Crippen LogP contribution >= 0.6 is 68.0 Å². The number of benzene rings is 1. The third-order valence-electron chi connectivity index (χ3n) is 11.7. The molecule has 30 heteroatoms. The van der Waals surface area contributed by atoms with Crippen molar-refractivity contribution in [1.82, 2.24) is 61.5 Å². The summed E-state index contributed by atoms with van der Waals surface area (Å²) in [7, 11) is 2.89. The topological polar surface area (TPSA) is 294 Å². The number of alkyl halides is 3. The maximum atomic E-state index is 14.2. The minimum Gasteiger partial charge on any atom is -0.386 e. The number of aliphatic hydroxyl groups is 1. The Morgan fingerprint density at radius 2 is 1.42 bits per heavy atom. The maximum absolute atomic E-state index is 14.2. The van der Waals surface area contributed by atoms with Gasteiger partial charge in [0.05, 0.1) is 42.2 Å². The molecule has 1 aromatic carbocycles. The van der Waals surface area contributed by atoms with Gasteiger partial charge in [-0.1, -0.05) is 44.2 Å². The summed E-state index contributed by atoms with van der Waals surface area (Å²) < 4.78 is 44.8. The maximum Gasteiger partial charge on any atom is 0.471 e. The molecule has 7 N–H and O–H groups in total. The van der Waals surface area contributed by atoms with Crippen LogP contribution in [0.3, 0.4) is 0 Å². The predicted molar refractivity (Wildman–Crippen MR) is 292 cm³/mol. The Hall–Kier alpha value is -7.32. The molecular weight excluding hydrogens is 1150 g/mol. The molecule has 7 aromatic heterocycles. The summed E-state index contributed by atoms with van der Waals surface area (Å²) in [6, 6.07) is 8.87. The highest BCUT2D eigenvalue weighted by Gasteiger charge is 2.39. The van der Waals surface area contributed by atoms with E-state index in [1.54, 1.807) is 65.5 Å². The molecule has 0 aliphatic carbocycles. The van der Waals surface area contributed by atoms with Gasteiger partial charge < -0.3 is 41.7 Å². The highest BCUT2D eigenvalue weighted by molar-refractivity contribution is 7.15. The molecule has 6 amide bonds. The molecule has 8 heterocycles. The van der Waals surface area contributed by atoms with Crippen molar-refractivity contribution in [3.8, 4) is 43.4 Å². The molecule has 10 bridgehead atoms. The first-order chi connectivity index (χ1) is 37.8. The smallest absolute Gasteiger partial charge is 0.386 e. The molecule has 0 fully saturated rings. The van der Waals surface area contributed by atoms with Crippen LogP contribution in [0.4, 0.5) is 19.0 Å². The van der Waals surface area contributed by atoms with Gasteiger partial charge in [0.2, 0.25) is 11.8 Å². The number of anilines is 1. The molecule has 9 rings (SSSR count). The zero-order valence-electron chi connectivity index (χ0n) is 41.9. The highest BCUT2D eigenvalue weighted by atomic mass is 32.1. The normalized spacial score (nSPS) is 16.8. The lowest BCUT2D eigenvalue weighted by Crippen LogP contribution is -2.40. The Bertz CT molecular complexity index is 3590. The second-order valence-electron chi connectivity index (χ2n) is 17.6.